The van der Waals surface area contributed by atoms with Gasteiger partial charge in [-0.25, -0.2) is 0 Å². The minimum Gasteiger partial charge on any atom is -0.325 e. The van der Waals surface area contributed by atoms with E-state index in [1.165, 1.54) is 0 Å². The molecule has 0 aliphatic carbocycles. The van der Waals surface area contributed by atoms with Crippen molar-refractivity contribution >= 4 is 17.0 Å². The number of rotatable bonds is 2. The Balaban J connectivity index is 2.25. The van der Waals surface area contributed by atoms with Gasteiger partial charge in [0.25, 0.3) is 0 Å². The summed E-state index contributed by atoms with van der Waals surface area (Å²) < 4.78 is 1.73. The summed E-state index contributed by atoms with van der Waals surface area (Å²) in [5.41, 5.74) is 7.13. The molecule has 0 amide bonds. The summed E-state index contributed by atoms with van der Waals surface area (Å²) in [7, 11) is 0. The molecule has 0 radical (unpaired) electrons. The van der Waals surface area contributed by atoms with Crippen molar-refractivity contribution in [1.82, 2.24) is 19.8 Å². The third kappa shape index (κ3) is 1.39. The normalized spacial score (nSPS) is 11.1. The molecule has 0 bridgehead atoms. The number of hydrogen-bond donors (Lipinski definition) is 1. The van der Waals surface area contributed by atoms with E-state index in [4.69, 9.17) is 5.73 Å². The van der Waals surface area contributed by atoms with Crippen molar-refractivity contribution < 1.29 is 0 Å². The molecular formula is C10H9N5S. The molecule has 0 saturated heterocycles. The molecule has 0 aromatic carbocycles. The number of hydrogen-bond acceptors (Lipinski definition) is 5. The standard InChI is InChI=1S/C10H9N5S/c11-6-7-3-4-9-12-13-10(15(9)14-7)8-2-1-5-16-8/h1-5H,6,11H2. The van der Waals surface area contributed by atoms with Gasteiger partial charge in [0.05, 0.1) is 10.6 Å². The molecule has 2 N–H and O–H groups in total. The zero-order chi connectivity index (χ0) is 11.0. The van der Waals surface area contributed by atoms with Crippen molar-refractivity contribution in [2.45, 2.75) is 6.54 Å². The Labute approximate surface area is 95.5 Å². The second kappa shape index (κ2) is 3.66. The summed E-state index contributed by atoms with van der Waals surface area (Å²) in [5.74, 6) is 0.764. The van der Waals surface area contributed by atoms with E-state index in [0.717, 1.165) is 22.0 Å². The van der Waals surface area contributed by atoms with Crippen LogP contribution in [-0.2, 0) is 6.54 Å². The minimum absolute atomic E-state index is 0.415. The van der Waals surface area contributed by atoms with Crippen LogP contribution in [0.25, 0.3) is 16.3 Å². The predicted octanol–water partition coefficient (Wildman–Crippen LogP) is 1.31. The second-order valence-corrected chi connectivity index (χ2v) is 4.25. The highest BCUT2D eigenvalue weighted by molar-refractivity contribution is 7.13. The van der Waals surface area contributed by atoms with E-state index >= 15 is 0 Å². The van der Waals surface area contributed by atoms with Gasteiger partial charge in [-0.15, -0.1) is 21.5 Å². The van der Waals surface area contributed by atoms with E-state index in [0.29, 0.717) is 6.54 Å². The van der Waals surface area contributed by atoms with Gasteiger partial charge in [0.2, 0.25) is 0 Å². The van der Waals surface area contributed by atoms with Gasteiger partial charge in [-0.2, -0.15) is 9.61 Å². The third-order valence-electron chi connectivity index (χ3n) is 2.27. The molecule has 3 aromatic heterocycles. The van der Waals surface area contributed by atoms with Crippen LogP contribution in [-0.4, -0.2) is 19.8 Å². The molecule has 0 unspecified atom stereocenters. The summed E-state index contributed by atoms with van der Waals surface area (Å²) in [6.45, 7) is 0.415. The largest absolute Gasteiger partial charge is 0.325 e. The molecule has 6 heteroatoms. The lowest BCUT2D eigenvalue weighted by atomic mass is 10.4. The lowest BCUT2D eigenvalue weighted by molar-refractivity contribution is 0.851. The highest BCUT2D eigenvalue weighted by atomic mass is 32.1. The SMILES string of the molecule is NCc1ccc2nnc(-c3cccs3)n2n1. The van der Waals surface area contributed by atoms with Crippen LogP contribution in [0, 0.1) is 0 Å². The highest BCUT2D eigenvalue weighted by Gasteiger charge is 2.09. The van der Waals surface area contributed by atoms with Gasteiger partial charge in [0, 0.05) is 6.54 Å². The fourth-order valence-corrected chi connectivity index (χ4v) is 2.19. The van der Waals surface area contributed by atoms with Crippen LogP contribution in [0.5, 0.6) is 0 Å². The summed E-state index contributed by atoms with van der Waals surface area (Å²) >= 11 is 1.61. The van der Waals surface area contributed by atoms with Crippen molar-refractivity contribution in [2.75, 3.05) is 0 Å². The van der Waals surface area contributed by atoms with E-state index in [1.54, 1.807) is 15.9 Å². The summed E-state index contributed by atoms with van der Waals surface area (Å²) in [5, 5.41) is 14.6. The van der Waals surface area contributed by atoms with E-state index in [1.807, 2.05) is 29.6 Å². The average molecular weight is 231 g/mol. The average Bonchev–Trinajstić information content (AvgIpc) is 2.96. The molecular weight excluding hydrogens is 222 g/mol. The molecule has 0 atom stereocenters. The van der Waals surface area contributed by atoms with Crippen LogP contribution in [0.2, 0.25) is 0 Å². The zero-order valence-corrected chi connectivity index (χ0v) is 9.18. The van der Waals surface area contributed by atoms with Crippen LogP contribution in [0.4, 0.5) is 0 Å². The smallest absolute Gasteiger partial charge is 0.195 e. The molecule has 0 saturated carbocycles. The topological polar surface area (TPSA) is 69.1 Å². The van der Waals surface area contributed by atoms with Crippen LogP contribution in [0.15, 0.2) is 29.6 Å². The second-order valence-electron chi connectivity index (χ2n) is 3.30. The molecule has 3 heterocycles. The third-order valence-corrected chi connectivity index (χ3v) is 3.13. The molecule has 5 nitrogen and oxygen atoms in total. The molecule has 80 valence electrons. The zero-order valence-electron chi connectivity index (χ0n) is 8.37. The van der Waals surface area contributed by atoms with E-state index in [2.05, 4.69) is 15.3 Å². The maximum atomic E-state index is 5.56. The van der Waals surface area contributed by atoms with Crippen molar-refractivity contribution in [3.05, 3.63) is 35.3 Å². The Morgan fingerprint density at radius 2 is 2.19 bits per heavy atom. The monoisotopic (exact) mass is 231 g/mol. The van der Waals surface area contributed by atoms with Gasteiger partial charge < -0.3 is 5.73 Å². The van der Waals surface area contributed by atoms with Gasteiger partial charge >= 0.3 is 0 Å². The number of nitrogens with two attached hydrogens (primary N) is 1. The van der Waals surface area contributed by atoms with Gasteiger partial charge in [0.1, 0.15) is 0 Å². The van der Waals surface area contributed by atoms with Gasteiger partial charge in [-0.05, 0) is 23.6 Å². The van der Waals surface area contributed by atoms with E-state index in [-0.39, 0.29) is 0 Å². The maximum absolute atomic E-state index is 5.56. The number of nitrogens with zero attached hydrogens (tertiary/aromatic N) is 4. The summed E-state index contributed by atoms with van der Waals surface area (Å²) in [6, 6.07) is 7.72. The molecule has 0 spiro atoms. The molecule has 16 heavy (non-hydrogen) atoms. The van der Waals surface area contributed by atoms with Crippen molar-refractivity contribution in [2.24, 2.45) is 5.73 Å². The fourth-order valence-electron chi connectivity index (χ4n) is 1.50. The molecule has 0 aliphatic rings. The Morgan fingerprint density at radius 1 is 1.25 bits per heavy atom. The summed E-state index contributed by atoms with van der Waals surface area (Å²) in [6.07, 6.45) is 0. The lowest BCUT2D eigenvalue weighted by Crippen LogP contribution is -2.04. The molecule has 3 rings (SSSR count). The first-order valence-electron chi connectivity index (χ1n) is 4.84. The van der Waals surface area contributed by atoms with Crippen LogP contribution < -0.4 is 5.73 Å². The Bertz CT molecular complexity index is 613. The van der Waals surface area contributed by atoms with Crippen molar-refractivity contribution in [3.8, 4) is 10.7 Å². The van der Waals surface area contributed by atoms with Crippen molar-refractivity contribution in [3.63, 3.8) is 0 Å². The lowest BCUT2D eigenvalue weighted by Gasteiger charge is -1.98. The number of thiophene rings is 1. The number of aromatic nitrogens is 4. The Hall–Kier alpha value is -1.79. The quantitative estimate of drug-likeness (QED) is 0.722. The van der Waals surface area contributed by atoms with Gasteiger partial charge in [-0.1, -0.05) is 6.07 Å². The fraction of sp³-hybridized carbons (Fsp3) is 0.100. The first-order chi connectivity index (χ1) is 7.88. The highest BCUT2D eigenvalue weighted by Crippen LogP contribution is 2.22. The predicted molar refractivity (Wildman–Crippen MR) is 62.0 cm³/mol. The van der Waals surface area contributed by atoms with Crippen LogP contribution in [0.1, 0.15) is 5.69 Å². The maximum Gasteiger partial charge on any atom is 0.195 e. The van der Waals surface area contributed by atoms with E-state index in [9.17, 15) is 0 Å². The van der Waals surface area contributed by atoms with Crippen LogP contribution in [0.3, 0.4) is 0 Å². The molecule has 0 fully saturated rings. The Morgan fingerprint density at radius 3 is 2.94 bits per heavy atom. The first-order valence-corrected chi connectivity index (χ1v) is 5.72. The van der Waals surface area contributed by atoms with Crippen molar-refractivity contribution in [1.29, 1.82) is 0 Å². The minimum atomic E-state index is 0.415. The number of fused-ring (bicyclic) bond motifs is 1. The van der Waals surface area contributed by atoms with Gasteiger partial charge in [-0.3, -0.25) is 0 Å². The first kappa shape index (κ1) is 9.44. The molecule has 0 aliphatic heterocycles. The van der Waals surface area contributed by atoms with Gasteiger partial charge in [0.15, 0.2) is 11.5 Å². The van der Waals surface area contributed by atoms with E-state index < -0.39 is 0 Å². The molecule has 3 aromatic rings. The Kier molecular flexibility index (Phi) is 2.16. The summed E-state index contributed by atoms with van der Waals surface area (Å²) in [4.78, 5) is 1.05. The van der Waals surface area contributed by atoms with Crippen LogP contribution >= 0.6 is 11.3 Å².